The summed E-state index contributed by atoms with van der Waals surface area (Å²) < 4.78 is 18.8. The highest BCUT2D eigenvalue weighted by molar-refractivity contribution is 7.98. The third kappa shape index (κ3) is 6.71. The highest BCUT2D eigenvalue weighted by Gasteiger charge is 2.06. The van der Waals surface area contributed by atoms with Crippen LogP contribution in [0.15, 0.2) is 29.3 Å². The summed E-state index contributed by atoms with van der Waals surface area (Å²) in [5.41, 5.74) is 0. The van der Waals surface area contributed by atoms with Crippen LogP contribution in [0.2, 0.25) is 0 Å². The number of ether oxygens (including phenoxy) is 1. The molecule has 0 saturated carbocycles. The molecule has 118 valence electrons. The van der Waals surface area contributed by atoms with Crippen molar-refractivity contribution in [2.24, 2.45) is 4.99 Å². The van der Waals surface area contributed by atoms with Crippen LogP contribution in [-0.4, -0.2) is 56.7 Å². The molecule has 0 aliphatic heterocycles. The number of nitrogens with zero attached hydrogens (tertiary/aromatic N) is 2. The van der Waals surface area contributed by atoms with Crippen molar-refractivity contribution in [1.29, 1.82) is 0 Å². The summed E-state index contributed by atoms with van der Waals surface area (Å²) in [4.78, 5) is 6.20. The molecule has 0 spiro atoms. The Morgan fingerprint density at radius 2 is 2.19 bits per heavy atom. The van der Waals surface area contributed by atoms with Crippen LogP contribution in [0, 0.1) is 5.82 Å². The van der Waals surface area contributed by atoms with Crippen LogP contribution in [0.5, 0.6) is 5.75 Å². The van der Waals surface area contributed by atoms with Crippen LogP contribution in [0.25, 0.3) is 0 Å². The SMILES string of the molecule is CN=C(NCCCSC)N(C)CCOc1ccccc1F. The summed E-state index contributed by atoms with van der Waals surface area (Å²) >= 11 is 1.83. The van der Waals surface area contributed by atoms with Gasteiger partial charge in [0, 0.05) is 20.6 Å². The molecule has 0 bridgehead atoms. The van der Waals surface area contributed by atoms with Crippen molar-refractivity contribution in [3.63, 3.8) is 0 Å². The second kappa shape index (κ2) is 10.3. The standard InChI is InChI=1S/C15H24FN3OS/c1-17-15(18-9-6-12-21-3)19(2)10-11-20-14-8-5-4-7-13(14)16/h4-5,7-8H,6,9-12H2,1-3H3,(H,17,18). The number of rotatable bonds is 8. The molecule has 1 aromatic rings. The maximum absolute atomic E-state index is 13.4. The monoisotopic (exact) mass is 313 g/mol. The fraction of sp³-hybridized carbons (Fsp3) is 0.533. The van der Waals surface area contributed by atoms with Gasteiger partial charge in [0.2, 0.25) is 0 Å². The molecular weight excluding hydrogens is 289 g/mol. The summed E-state index contributed by atoms with van der Waals surface area (Å²) in [5, 5.41) is 3.30. The van der Waals surface area contributed by atoms with Gasteiger partial charge in [0.1, 0.15) is 6.61 Å². The van der Waals surface area contributed by atoms with Crippen LogP contribution in [-0.2, 0) is 0 Å². The molecule has 1 rings (SSSR count). The first-order chi connectivity index (χ1) is 10.2. The van der Waals surface area contributed by atoms with E-state index in [0.717, 1.165) is 24.7 Å². The molecule has 0 radical (unpaired) electrons. The van der Waals surface area contributed by atoms with Gasteiger partial charge in [-0.2, -0.15) is 11.8 Å². The van der Waals surface area contributed by atoms with E-state index in [2.05, 4.69) is 16.6 Å². The third-order valence-electron chi connectivity index (χ3n) is 2.90. The summed E-state index contributed by atoms with van der Waals surface area (Å²) in [6, 6.07) is 6.43. The number of thioether (sulfide) groups is 1. The molecule has 0 atom stereocenters. The number of benzene rings is 1. The Balaban J connectivity index is 2.31. The minimum absolute atomic E-state index is 0.286. The van der Waals surface area contributed by atoms with Crippen molar-refractivity contribution < 1.29 is 9.13 Å². The fourth-order valence-electron chi connectivity index (χ4n) is 1.76. The van der Waals surface area contributed by atoms with E-state index in [1.807, 2.05) is 23.7 Å². The van der Waals surface area contributed by atoms with E-state index < -0.39 is 0 Å². The van der Waals surface area contributed by atoms with Gasteiger partial charge in [0.25, 0.3) is 0 Å². The molecule has 0 aromatic heterocycles. The van der Waals surface area contributed by atoms with Gasteiger partial charge in [0.05, 0.1) is 6.54 Å². The van der Waals surface area contributed by atoms with Gasteiger partial charge in [-0.25, -0.2) is 4.39 Å². The zero-order valence-electron chi connectivity index (χ0n) is 12.9. The van der Waals surface area contributed by atoms with Crippen molar-refractivity contribution in [3.8, 4) is 5.75 Å². The normalized spacial score (nSPS) is 11.3. The number of guanidine groups is 1. The maximum Gasteiger partial charge on any atom is 0.193 e. The Hall–Kier alpha value is -1.43. The van der Waals surface area contributed by atoms with Crippen molar-refractivity contribution >= 4 is 17.7 Å². The van der Waals surface area contributed by atoms with E-state index in [-0.39, 0.29) is 11.6 Å². The largest absolute Gasteiger partial charge is 0.489 e. The lowest BCUT2D eigenvalue weighted by atomic mass is 10.3. The lowest BCUT2D eigenvalue weighted by molar-refractivity contribution is 0.270. The fourth-order valence-corrected chi connectivity index (χ4v) is 2.19. The molecule has 0 aliphatic carbocycles. The second-order valence-electron chi connectivity index (χ2n) is 4.52. The molecule has 0 aliphatic rings. The topological polar surface area (TPSA) is 36.9 Å². The van der Waals surface area contributed by atoms with Crippen LogP contribution in [0.1, 0.15) is 6.42 Å². The van der Waals surface area contributed by atoms with Crippen molar-refractivity contribution in [3.05, 3.63) is 30.1 Å². The van der Waals surface area contributed by atoms with Gasteiger partial charge in [-0.15, -0.1) is 0 Å². The number of para-hydroxylation sites is 1. The van der Waals surface area contributed by atoms with Crippen LogP contribution in [0.4, 0.5) is 4.39 Å². The smallest absolute Gasteiger partial charge is 0.193 e. The van der Waals surface area contributed by atoms with Gasteiger partial charge in [-0.3, -0.25) is 4.99 Å². The zero-order chi connectivity index (χ0) is 15.5. The first-order valence-electron chi connectivity index (χ1n) is 6.97. The van der Waals surface area contributed by atoms with E-state index in [1.54, 1.807) is 25.2 Å². The number of aliphatic imine (C=N–C) groups is 1. The third-order valence-corrected chi connectivity index (χ3v) is 3.60. The van der Waals surface area contributed by atoms with E-state index >= 15 is 0 Å². The Morgan fingerprint density at radius 1 is 1.43 bits per heavy atom. The van der Waals surface area contributed by atoms with Crippen molar-refractivity contribution in [2.45, 2.75) is 6.42 Å². The van der Waals surface area contributed by atoms with Crippen LogP contribution >= 0.6 is 11.8 Å². The van der Waals surface area contributed by atoms with E-state index in [1.165, 1.54) is 6.07 Å². The highest BCUT2D eigenvalue weighted by Crippen LogP contribution is 2.14. The predicted molar refractivity (Wildman–Crippen MR) is 88.9 cm³/mol. The first kappa shape index (κ1) is 17.6. The predicted octanol–water partition coefficient (Wildman–Crippen LogP) is 2.46. The average Bonchev–Trinajstić information content (AvgIpc) is 2.49. The van der Waals surface area contributed by atoms with Gasteiger partial charge in [0.15, 0.2) is 17.5 Å². The second-order valence-corrected chi connectivity index (χ2v) is 5.51. The molecule has 0 saturated heterocycles. The Kier molecular flexibility index (Phi) is 8.66. The number of likely N-dealkylation sites (N-methyl/N-ethyl adjacent to an activating group) is 1. The Morgan fingerprint density at radius 3 is 2.86 bits per heavy atom. The van der Waals surface area contributed by atoms with Gasteiger partial charge in [-0.05, 0) is 30.6 Å². The van der Waals surface area contributed by atoms with Crippen LogP contribution < -0.4 is 10.1 Å². The molecule has 0 unspecified atom stereocenters. The molecule has 0 amide bonds. The number of hydrogen-bond acceptors (Lipinski definition) is 3. The number of hydrogen-bond donors (Lipinski definition) is 1. The molecule has 0 fully saturated rings. The summed E-state index contributed by atoms with van der Waals surface area (Å²) in [7, 11) is 3.69. The molecule has 21 heavy (non-hydrogen) atoms. The number of nitrogens with one attached hydrogen (secondary N) is 1. The molecule has 1 N–H and O–H groups in total. The number of halogens is 1. The highest BCUT2D eigenvalue weighted by atomic mass is 32.2. The summed E-state index contributed by atoms with van der Waals surface area (Å²) in [6.07, 6.45) is 3.20. The average molecular weight is 313 g/mol. The quantitative estimate of drug-likeness (QED) is 0.454. The van der Waals surface area contributed by atoms with Gasteiger partial charge < -0.3 is 15.0 Å². The lowest BCUT2D eigenvalue weighted by Crippen LogP contribution is -2.41. The summed E-state index contributed by atoms with van der Waals surface area (Å²) in [5.74, 6) is 1.91. The minimum Gasteiger partial charge on any atom is -0.489 e. The molecule has 0 heterocycles. The van der Waals surface area contributed by atoms with Crippen LogP contribution in [0.3, 0.4) is 0 Å². The zero-order valence-corrected chi connectivity index (χ0v) is 13.8. The minimum atomic E-state index is -0.334. The van der Waals surface area contributed by atoms with E-state index in [9.17, 15) is 4.39 Å². The van der Waals surface area contributed by atoms with Crippen molar-refractivity contribution in [1.82, 2.24) is 10.2 Å². The summed E-state index contributed by atoms with van der Waals surface area (Å²) in [6.45, 7) is 1.94. The molecule has 4 nitrogen and oxygen atoms in total. The van der Waals surface area contributed by atoms with E-state index in [4.69, 9.17) is 4.74 Å². The molecular formula is C15H24FN3OS. The molecule has 1 aromatic carbocycles. The lowest BCUT2D eigenvalue weighted by Gasteiger charge is -2.22. The first-order valence-corrected chi connectivity index (χ1v) is 8.36. The Labute approximate surface area is 130 Å². The molecule has 6 heteroatoms. The Bertz CT molecular complexity index is 443. The van der Waals surface area contributed by atoms with E-state index in [0.29, 0.717) is 13.2 Å². The van der Waals surface area contributed by atoms with Gasteiger partial charge >= 0.3 is 0 Å². The van der Waals surface area contributed by atoms with Crippen molar-refractivity contribution in [2.75, 3.05) is 45.8 Å². The van der Waals surface area contributed by atoms with Gasteiger partial charge in [-0.1, -0.05) is 12.1 Å². The maximum atomic E-state index is 13.4.